The van der Waals surface area contributed by atoms with Gasteiger partial charge in [-0.3, -0.25) is 9.59 Å². The number of ether oxygens (including phenoxy) is 2. The minimum Gasteiger partial charge on any atom is -0.459 e. The number of hydrogen-bond donors (Lipinski definition) is 2. The standard InChI is InChI=1S/C18H14Cl2N4O6/c19-9-5-11-15(25)21-1-3-29-17(27)13-7-10(20)8-14(24-13)18(28)30-4-2-22-16(26)12(6-9)23-11/h5-8H,1-4H2,(H,21,25)(H,22,26). The number of esters is 2. The number of nitrogens with one attached hydrogen (secondary N) is 2. The molecule has 0 aromatic carbocycles. The smallest absolute Gasteiger partial charge is 0.357 e. The predicted molar refractivity (Wildman–Crippen MR) is 104 cm³/mol. The van der Waals surface area contributed by atoms with Gasteiger partial charge < -0.3 is 20.1 Å². The molecule has 30 heavy (non-hydrogen) atoms. The zero-order valence-corrected chi connectivity index (χ0v) is 16.7. The number of nitrogens with zero attached hydrogens (tertiary/aromatic N) is 2. The van der Waals surface area contributed by atoms with Crippen molar-refractivity contribution in [3.63, 3.8) is 0 Å². The van der Waals surface area contributed by atoms with E-state index in [0.29, 0.717) is 0 Å². The molecule has 3 rings (SSSR count). The molecule has 156 valence electrons. The summed E-state index contributed by atoms with van der Waals surface area (Å²) in [5, 5.41) is 5.21. The van der Waals surface area contributed by atoms with Crippen molar-refractivity contribution in [3.8, 4) is 0 Å². The highest BCUT2D eigenvalue weighted by atomic mass is 35.5. The summed E-state index contributed by atoms with van der Waals surface area (Å²) in [7, 11) is 0. The Bertz CT molecular complexity index is 876. The summed E-state index contributed by atoms with van der Waals surface area (Å²) in [5.74, 6) is -2.89. The Kier molecular flexibility index (Phi) is 6.80. The summed E-state index contributed by atoms with van der Waals surface area (Å²) >= 11 is 11.9. The van der Waals surface area contributed by atoms with Crippen molar-refractivity contribution in [3.05, 3.63) is 57.1 Å². The Balaban J connectivity index is 1.83. The van der Waals surface area contributed by atoms with E-state index in [-0.39, 0.29) is 59.1 Å². The van der Waals surface area contributed by atoms with E-state index in [1.165, 1.54) is 24.3 Å². The molecule has 0 spiro atoms. The molecule has 0 saturated heterocycles. The first-order valence-electron chi connectivity index (χ1n) is 8.59. The number of rotatable bonds is 0. The second kappa shape index (κ2) is 9.51. The highest BCUT2D eigenvalue weighted by molar-refractivity contribution is 6.31. The molecular formula is C18H14Cl2N4O6. The summed E-state index contributed by atoms with van der Waals surface area (Å²) in [6.45, 7) is -0.468. The lowest BCUT2D eigenvalue weighted by atomic mass is 10.2. The zero-order chi connectivity index (χ0) is 21.7. The third-order valence-electron chi connectivity index (χ3n) is 3.71. The van der Waals surface area contributed by atoms with E-state index in [1.54, 1.807) is 0 Å². The van der Waals surface area contributed by atoms with Crippen LogP contribution in [-0.2, 0) is 9.47 Å². The average Bonchev–Trinajstić information content (AvgIpc) is 2.72. The van der Waals surface area contributed by atoms with Crippen molar-refractivity contribution < 1.29 is 28.7 Å². The van der Waals surface area contributed by atoms with Gasteiger partial charge >= 0.3 is 11.9 Å². The monoisotopic (exact) mass is 452 g/mol. The van der Waals surface area contributed by atoms with Crippen LogP contribution in [-0.4, -0.2) is 60.0 Å². The normalized spacial score (nSPS) is 15.8. The third kappa shape index (κ3) is 5.43. The molecule has 12 heteroatoms. The molecule has 2 amide bonds. The number of aromatic nitrogens is 2. The Labute approximate surface area is 179 Å². The van der Waals surface area contributed by atoms with Gasteiger partial charge in [-0.2, -0.15) is 0 Å². The average molecular weight is 453 g/mol. The van der Waals surface area contributed by atoms with E-state index in [9.17, 15) is 19.2 Å². The van der Waals surface area contributed by atoms with Crippen molar-refractivity contribution in [2.24, 2.45) is 0 Å². The van der Waals surface area contributed by atoms with Crippen molar-refractivity contribution in [2.75, 3.05) is 26.3 Å². The summed E-state index contributed by atoms with van der Waals surface area (Å²) in [4.78, 5) is 56.6. The zero-order valence-electron chi connectivity index (χ0n) is 15.2. The van der Waals surface area contributed by atoms with Crippen LogP contribution >= 0.6 is 23.2 Å². The number of amides is 2. The topological polar surface area (TPSA) is 137 Å². The summed E-state index contributed by atoms with van der Waals surface area (Å²) in [6, 6.07) is 5.04. The minimum atomic E-state index is -0.836. The summed E-state index contributed by atoms with van der Waals surface area (Å²) in [6.07, 6.45) is 0. The van der Waals surface area contributed by atoms with Crippen LogP contribution in [0.3, 0.4) is 0 Å². The lowest BCUT2D eigenvalue weighted by Gasteiger charge is -2.10. The maximum Gasteiger partial charge on any atom is 0.357 e. The van der Waals surface area contributed by atoms with Crippen molar-refractivity contribution in [1.82, 2.24) is 20.6 Å². The molecule has 0 radical (unpaired) electrons. The molecule has 0 fully saturated rings. The highest BCUT2D eigenvalue weighted by Gasteiger charge is 2.18. The maximum absolute atomic E-state index is 12.2. The van der Waals surface area contributed by atoms with Crippen LogP contribution in [0.5, 0.6) is 0 Å². The molecule has 2 aromatic rings. The van der Waals surface area contributed by atoms with Gasteiger partial charge in [-0.05, 0) is 24.3 Å². The maximum atomic E-state index is 12.2. The predicted octanol–water partition coefficient (Wildman–Crippen LogP) is 1.27. The number of carbonyl (C=O) groups excluding carboxylic acids is 4. The Morgan fingerprint density at radius 2 is 1.03 bits per heavy atom. The highest BCUT2D eigenvalue weighted by Crippen LogP contribution is 2.14. The van der Waals surface area contributed by atoms with Gasteiger partial charge in [-0.25, -0.2) is 19.6 Å². The Hall–Kier alpha value is -3.24. The fourth-order valence-electron chi connectivity index (χ4n) is 2.38. The van der Waals surface area contributed by atoms with Gasteiger partial charge in [0.25, 0.3) is 11.8 Å². The molecule has 2 aromatic heterocycles. The van der Waals surface area contributed by atoms with E-state index in [4.69, 9.17) is 32.7 Å². The molecule has 1 aliphatic heterocycles. The minimum absolute atomic E-state index is 0.0459. The van der Waals surface area contributed by atoms with E-state index in [1.807, 2.05) is 0 Å². The number of carbonyl (C=O) groups is 4. The number of cyclic esters (lactones) is 2. The number of halogens is 2. The van der Waals surface area contributed by atoms with Gasteiger partial charge in [0.1, 0.15) is 24.6 Å². The third-order valence-corrected chi connectivity index (χ3v) is 4.14. The lowest BCUT2D eigenvalue weighted by Crippen LogP contribution is -2.31. The summed E-state index contributed by atoms with van der Waals surface area (Å²) in [5.41, 5.74) is -0.576. The molecule has 0 unspecified atom stereocenters. The van der Waals surface area contributed by atoms with Crippen LogP contribution in [0, 0.1) is 0 Å². The van der Waals surface area contributed by atoms with Gasteiger partial charge in [-0.15, -0.1) is 0 Å². The van der Waals surface area contributed by atoms with E-state index < -0.39 is 23.8 Å². The van der Waals surface area contributed by atoms with E-state index >= 15 is 0 Å². The lowest BCUT2D eigenvalue weighted by molar-refractivity contribution is 0.0485. The molecule has 10 nitrogen and oxygen atoms in total. The molecular weight excluding hydrogens is 439 g/mol. The molecule has 1 aliphatic rings. The Morgan fingerprint density at radius 1 is 0.667 bits per heavy atom. The fraction of sp³-hybridized carbons (Fsp3) is 0.222. The van der Waals surface area contributed by atoms with Crippen LogP contribution in [0.25, 0.3) is 0 Å². The number of pyridine rings is 2. The first kappa shape index (κ1) is 21.5. The van der Waals surface area contributed by atoms with Crippen LogP contribution in [0.15, 0.2) is 24.3 Å². The molecule has 2 N–H and O–H groups in total. The van der Waals surface area contributed by atoms with Gasteiger partial charge in [0, 0.05) is 10.0 Å². The second-order valence-corrected chi connectivity index (χ2v) is 6.77. The molecule has 0 atom stereocenters. The largest absolute Gasteiger partial charge is 0.459 e. The van der Waals surface area contributed by atoms with Crippen molar-refractivity contribution in [2.45, 2.75) is 0 Å². The second-order valence-electron chi connectivity index (χ2n) is 5.90. The van der Waals surface area contributed by atoms with Gasteiger partial charge in [0.05, 0.1) is 13.1 Å². The van der Waals surface area contributed by atoms with E-state index in [0.717, 1.165) is 0 Å². The van der Waals surface area contributed by atoms with Gasteiger partial charge in [0.2, 0.25) is 0 Å². The molecule has 3 heterocycles. The van der Waals surface area contributed by atoms with Crippen LogP contribution in [0.2, 0.25) is 10.0 Å². The van der Waals surface area contributed by atoms with Crippen LogP contribution in [0.4, 0.5) is 0 Å². The van der Waals surface area contributed by atoms with E-state index in [2.05, 4.69) is 20.6 Å². The SMILES string of the molecule is O=C1NCCOC(=O)c2cc(Cl)cc(n2)C(=O)OCCNC(=O)c2cc(Cl)cc1n2. The quantitative estimate of drug-likeness (QED) is 0.570. The molecule has 0 saturated carbocycles. The molecule has 0 aliphatic carbocycles. The van der Waals surface area contributed by atoms with Gasteiger partial charge in [-0.1, -0.05) is 23.2 Å². The Morgan fingerprint density at radius 3 is 1.47 bits per heavy atom. The number of fused-ring (bicyclic) bond motifs is 4. The molecule has 4 bridgehead atoms. The summed E-state index contributed by atoms with van der Waals surface area (Å²) < 4.78 is 10.0. The van der Waals surface area contributed by atoms with Crippen molar-refractivity contribution >= 4 is 47.0 Å². The first-order valence-corrected chi connectivity index (χ1v) is 9.35. The van der Waals surface area contributed by atoms with Crippen molar-refractivity contribution in [1.29, 1.82) is 0 Å². The van der Waals surface area contributed by atoms with Crippen LogP contribution in [0.1, 0.15) is 42.0 Å². The van der Waals surface area contributed by atoms with Gasteiger partial charge in [0.15, 0.2) is 11.4 Å². The fourth-order valence-corrected chi connectivity index (χ4v) is 2.80. The number of hydrogen-bond acceptors (Lipinski definition) is 8. The first-order chi connectivity index (χ1) is 14.3. The van der Waals surface area contributed by atoms with Crippen LogP contribution < -0.4 is 10.6 Å².